The number of carbonyl (C=O) groups excluding carboxylic acids is 2. The van der Waals surface area contributed by atoms with Crippen LogP contribution in [-0.4, -0.2) is 39.7 Å². The third-order valence-electron chi connectivity index (χ3n) is 5.40. The zero-order valence-corrected chi connectivity index (χ0v) is 14.9. The molecule has 5 heteroatoms. The van der Waals surface area contributed by atoms with E-state index in [0.717, 1.165) is 24.0 Å². The van der Waals surface area contributed by atoms with E-state index in [1.807, 2.05) is 47.4 Å². The number of pyridine rings is 1. The van der Waals surface area contributed by atoms with Gasteiger partial charge in [-0.25, -0.2) is 0 Å². The van der Waals surface area contributed by atoms with Gasteiger partial charge in [0, 0.05) is 38.4 Å². The van der Waals surface area contributed by atoms with Gasteiger partial charge in [-0.05, 0) is 30.0 Å². The molecule has 0 N–H and O–H groups in total. The van der Waals surface area contributed by atoms with E-state index in [1.165, 1.54) is 0 Å². The van der Waals surface area contributed by atoms with Gasteiger partial charge >= 0.3 is 0 Å². The van der Waals surface area contributed by atoms with Crippen molar-refractivity contribution in [3.63, 3.8) is 0 Å². The van der Waals surface area contributed by atoms with E-state index in [9.17, 15) is 9.59 Å². The average Bonchev–Trinajstić information content (AvgIpc) is 3.47. The fourth-order valence-corrected chi connectivity index (χ4v) is 3.86. The SMILES string of the molecule is CN1C(=O)C[C@H](C(=O)N(Cc2ccccc2)C2CC2)[C@H]1c1cccnc1. The first kappa shape index (κ1) is 16.8. The van der Waals surface area contributed by atoms with Crippen molar-refractivity contribution in [1.29, 1.82) is 0 Å². The van der Waals surface area contributed by atoms with Crippen molar-refractivity contribution < 1.29 is 9.59 Å². The Hall–Kier alpha value is -2.69. The maximum absolute atomic E-state index is 13.4. The Kier molecular flexibility index (Phi) is 4.45. The summed E-state index contributed by atoms with van der Waals surface area (Å²) in [7, 11) is 1.78. The third-order valence-corrected chi connectivity index (χ3v) is 5.40. The molecule has 1 aromatic carbocycles. The molecule has 0 spiro atoms. The number of nitrogens with zero attached hydrogens (tertiary/aromatic N) is 3. The molecule has 2 amide bonds. The first-order chi connectivity index (χ1) is 12.6. The summed E-state index contributed by atoms with van der Waals surface area (Å²) in [6.07, 6.45) is 5.84. The number of aromatic nitrogens is 1. The lowest BCUT2D eigenvalue weighted by atomic mass is 9.93. The highest BCUT2D eigenvalue weighted by atomic mass is 16.2. The molecule has 2 heterocycles. The maximum Gasteiger partial charge on any atom is 0.229 e. The summed E-state index contributed by atoms with van der Waals surface area (Å²) in [6.45, 7) is 0.610. The number of hydrogen-bond donors (Lipinski definition) is 0. The predicted octanol–water partition coefficient (Wildman–Crippen LogP) is 2.79. The normalized spacial score (nSPS) is 22.5. The monoisotopic (exact) mass is 349 g/mol. The molecule has 2 atom stereocenters. The molecule has 2 aliphatic rings. The number of likely N-dealkylation sites (tertiary alicyclic amines) is 1. The van der Waals surface area contributed by atoms with Crippen molar-refractivity contribution in [3.8, 4) is 0 Å². The number of amides is 2. The molecule has 5 nitrogen and oxygen atoms in total. The lowest BCUT2D eigenvalue weighted by Gasteiger charge is -2.30. The Morgan fingerprint density at radius 2 is 1.96 bits per heavy atom. The van der Waals surface area contributed by atoms with Crippen molar-refractivity contribution in [2.45, 2.75) is 37.9 Å². The van der Waals surface area contributed by atoms with Crippen LogP contribution in [0.2, 0.25) is 0 Å². The van der Waals surface area contributed by atoms with Crippen molar-refractivity contribution >= 4 is 11.8 Å². The van der Waals surface area contributed by atoms with Gasteiger partial charge < -0.3 is 9.80 Å². The van der Waals surface area contributed by atoms with Crippen LogP contribution in [0.15, 0.2) is 54.9 Å². The van der Waals surface area contributed by atoms with Gasteiger partial charge in [-0.2, -0.15) is 0 Å². The minimum absolute atomic E-state index is 0.0210. The minimum Gasteiger partial charge on any atom is -0.338 e. The molecule has 1 saturated carbocycles. The average molecular weight is 349 g/mol. The molecule has 26 heavy (non-hydrogen) atoms. The Morgan fingerprint density at radius 3 is 2.62 bits per heavy atom. The smallest absolute Gasteiger partial charge is 0.229 e. The summed E-state index contributed by atoms with van der Waals surface area (Å²) in [5, 5.41) is 0. The second-order valence-corrected chi connectivity index (χ2v) is 7.23. The van der Waals surface area contributed by atoms with Gasteiger partial charge in [-0.3, -0.25) is 14.6 Å². The van der Waals surface area contributed by atoms with Crippen LogP contribution in [0.5, 0.6) is 0 Å². The first-order valence-corrected chi connectivity index (χ1v) is 9.15. The van der Waals surface area contributed by atoms with E-state index in [0.29, 0.717) is 12.6 Å². The second-order valence-electron chi connectivity index (χ2n) is 7.23. The molecule has 2 fully saturated rings. The lowest BCUT2D eigenvalue weighted by Crippen LogP contribution is -2.39. The molecule has 0 unspecified atom stereocenters. The van der Waals surface area contributed by atoms with E-state index in [1.54, 1.807) is 24.3 Å². The molecule has 2 aromatic rings. The molecule has 1 aliphatic carbocycles. The van der Waals surface area contributed by atoms with Crippen LogP contribution >= 0.6 is 0 Å². The van der Waals surface area contributed by atoms with E-state index < -0.39 is 0 Å². The lowest BCUT2D eigenvalue weighted by molar-refractivity contribution is -0.137. The summed E-state index contributed by atoms with van der Waals surface area (Å²) in [5.41, 5.74) is 2.05. The van der Waals surface area contributed by atoms with Crippen LogP contribution in [0.25, 0.3) is 0 Å². The highest BCUT2D eigenvalue weighted by Gasteiger charge is 2.46. The minimum atomic E-state index is -0.346. The van der Waals surface area contributed by atoms with Gasteiger partial charge in [0.05, 0.1) is 12.0 Å². The summed E-state index contributed by atoms with van der Waals surface area (Å²) >= 11 is 0. The topological polar surface area (TPSA) is 53.5 Å². The molecule has 0 bridgehead atoms. The van der Waals surface area contributed by atoms with Crippen LogP contribution in [0.1, 0.15) is 36.4 Å². The molecular formula is C21H23N3O2. The Labute approximate surface area is 153 Å². The second kappa shape index (κ2) is 6.90. The van der Waals surface area contributed by atoms with Crippen molar-refractivity contribution in [2.75, 3.05) is 7.05 Å². The van der Waals surface area contributed by atoms with Crippen LogP contribution in [-0.2, 0) is 16.1 Å². The quantitative estimate of drug-likeness (QED) is 0.834. The van der Waals surface area contributed by atoms with Gasteiger partial charge in [0.2, 0.25) is 11.8 Å². The van der Waals surface area contributed by atoms with Crippen LogP contribution in [0.4, 0.5) is 0 Å². The highest BCUT2D eigenvalue weighted by molar-refractivity contribution is 5.90. The zero-order chi connectivity index (χ0) is 18.1. The van der Waals surface area contributed by atoms with Crippen molar-refractivity contribution in [2.24, 2.45) is 5.92 Å². The van der Waals surface area contributed by atoms with Crippen LogP contribution in [0.3, 0.4) is 0 Å². The van der Waals surface area contributed by atoms with E-state index in [-0.39, 0.29) is 30.2 Å². The molecule has 4 rings (SSSR count). The fraction of sp³-hybridized carbons (Fsp3) is 0.381. The van der Waals surface area contributed by atoms with Gasteiger partial charge in [0.25, 0.3) is 0 Å². The highest BCUT2D eigenvalue weighted by Crippen LogP contribution is 2.40. The van der Waals surface area contributed by atoms with Crippen molar-refractivity contribution in [3.05, 3.63) is 66.0 Å². The zero-order valence-electron chi connectivity index (χ0n) is 14.9. The standard InChI is InChI=1S/C21H23N3O2/c1-23-19(25)12-18(20(23)16-8-5-11-22-13-16)21(26)24(17-9-10-17)14-15-6-3-2-4-7-15/h2-8,11,13,17-18,20H,9-10,12,14H2,1H3/t18-,20+/m0/s1. The van der Waals surface area contributed by atoms with Gasteiger partial charge in [-0.15, -0.1) is 0 Å². The Bertz CT molecular complexity index is 789. The van der Waals surface area contributed by atoms with Crippen LogP contribution < -0.4 is 0 Å². The number of carbonyl (C=O) groups is 2. The number of hydrogen-bond acceptors (Lipinski definition) is 3. The molecule has 1 saturated heterocycles. The Balaban J connectivity index is 1.61. The largest absolute Gasteiger partial charge is 0.338 e. The number of benzene rings is 1. The molecule has 134 valence electrons. The molecular weight excluding hydrogens is 326 g/mol. The van der Waals surface area contributed by atoms with Crippen molar-refractivity contribution in [1.82, 2.24) is 14.8 Å². The van der Waals surface area contributed by atoms with Crippen LogP contribution in [0, 0.1) is 5.92 Å². The molecule has 1 aromatic heterocycles. The first-order valence-electron chi connectivity index (χ1n) is 9.15. The summed E-state index contributed by atoms with van der Waals surface area (Å²) < 4.78 is 0. The molecule has 1 aliphatic heterocycles. The van der Waals surface area contributed by atoms with Gasteiger partial charge in [0.15, 0.2) is 0 Å². The molecule has 0 radical (unpaired) electrons. The third kappa shape index (κ3) is 3.21. The maximum atomic E-state index is 13.4. The van der Waals surface area contributed by atoms with E-state index >= 15 is 0 Å². The van der Waals surface area contributed by atoms with Gasteiger partial charge in [-0.1, -0.05) is 36.4 Å². The summed E-state index contributed by atoms with van der Waals surface area (Å²) in [4.78, 5) is 33.7. The summed E-state index contributed by atoms with van der Waals surface area (Å²) in [6, 6.07) is 13.9. The van der Waals surface area contributed by atoms with Gasteiger partial charge in [0.1, 0.15) is 0 Å². The van der Waals surface area contributed by atoms with E-state index in [2.05, 4.69) is 4.98 Å². The number of rotatable bonds is 5. The van der Waals surface area contributed by atoms with E-state index in [4.69, 9.17) is 0 Å². The fourth-order valence-electron chi connectivity index (χ4n) is 3.86. The summed E-state index contributed by atoms with van der Waals surface area (Å²) in [5.74, 6) is -0.239. The predicted molar refractivity (Wildman–Crippen MR) is 97.9 cm³/mol. The Morgan fingerprint density at radius 1 is 1.19 bits per heavy atom.